The number of benzene rings is 2. The molecule has 1 radical (unpaired) electrons. The lowest BCUT2D eigenvalue weighted by Crippen LogP contribution is -1.97. The average molecular weight is 220 g/mol. The van der Waals surface area contributed by atoms with Crippen LogP contribution < -0.4 is 0 Å². The third-order valence-electron chi connectivity index (χ3n) is 2.55. The molecule has 17 heavy (non-hydrogen) atoms. The fourth-order valence-corrected chi connectivity index (χ4v) is 1.77. The molecule has 2 nitrogen and oxygen atoms in total. The van der Waals surface area contributed by atoms with Gasteiger partial charge in [0.05, 0.1) is 11.6 Å². The predicted octanol–water partition coefficient (Wildman–Crippen LogP) is 3.23. The molecule has 2 heteroatoms. The minimum atomic E-state index is -0.0478. The molecule has 0 amide bonds. The van der Waals surface area contributed by atoms with Crippen LogP contribution in [0.1, 0.15) is 22.8 Å². The standard InChI is InChI=1S/C15H10NO/c1-11(17)13-7-4-5-9-15(13)14-8-3-2-6-12(14)10-16/h2-6,8-9H,1H3. The van der Waals surface area contributed by atoms with Gasteiger partial charge in [-0.1, -0.05) is 36.4 Å². The van der Waals surface area contributed by atoms with E-state index in [0.29, 0.717) is 11.1 Å². The zero-order valence-electron chi connectivity index (χ0n) is 9.40. The summed E-state index contributed by atoms with van der Waals surface area (Å²) < 4.78 is 0. The van der Waals surface area contributed by atoms with E-state index in [1.54, 1.807) is 12.1 Å². The zero-order chi connectivity index (χ0) is 12.3. The molecule has 0 aliphatic carbocycles. The second-order valence-electron chi connectivity index (χ2n) is 3.67. The normalized spacial score (nSPS) is 9.65. The Hall–Kier alpha value is -2.40. The summed E-state index contributed by atoms with van der Waals surface area (Å²) in [5.74, 6) is -0.0478. The number of ketones is 1. The Labute approximate surface area is 100 Å². The van der Waals surface area contributed by atoms with E-state index in [4.69, 9.17) is 5.26 Å². The highest BCUT2D eigenvalue weighted by Crippen LogP contribution is 2.26. The lowest BCUT2D eigenvalue weighted by atomic mass is 9.94. The van der Waals surface area contributed by atoms with Crippen LogP contribution in [0.3, 0.4) is 0 Å². The van der Waals surface area contributed by atoms with E-state index >= 15 is 0 Å². The molecular weight excluding hydrogens is 210 g/mol. The van der Waals surface area contributed by atoms with Gasteiger partial charge in [-0.3, -0.25) is 4.79 Å². The Morgan fingerprint density at radius 3 is 2.59 bits per heavy atom. The van der Waals surface area contributed by atoms with Crippen LogP contribution in [0, 0.1) is 17.4 Å². The highest BCUT2D eigenvalue weighted by atomic mass is 16.1. The Morgan fingerprint density at radius 2 is 1.88 bits per heavy atom. The minimum absolute atomic E-state index is 0.0478. The van der Waals surface area contributed by atoms with Gasteiger partial charge in [0.2, 0.25) is 0 Å². The van der Waals surface area contributed by atoms with Gasteiger partial charge in [0.25, 0.3) is 0 Å². The second kappa shape index (κ2) is 4.63. The summed E-state index contributed by atoms with van der Waals surface area (Å²) in [6.45, 7) is 1.50. The van der Waals surface area contributed by atoms with Gasteiger partial charge in [-0.05, 0) is 24.6 Å². The predicted molar refractivity (Wildman–Crippen MR) is 65.4 cm³/mol. The molecule has 0 saturated heterocycles. The lowest BCUT2D eigenvalue weighted by Gasteiger charge is -2.07. The molecule has 0 unspecified atom stereocenters. The maximum atomic E-state index is 11.5. The number of nitriles is 1. The summed E-state index contributed by atoms with van der Waals surface area (Å²) in [6, 6.07) is 17.7. The largest absolute Gasteiger partial charge is 0.294 e. The van der Waals surface area contributed by atoms with E-state index in [1.807, 2.05) is 30.3 Å². The van der Waals surface area contributed by atoms with Crippen LogP contribution in [0.25, 0.3) is 11.1 Å². The maximum absolute atomic E-state index is 11.5. The molecule has 0 N–H and O–H groups in total. The molecule has 0 saturated carbocycles. The molecule has 0 fully saturated rings. The fraction of sp³-hybridized carbons (Fsp3) is 0.0667. The molecule has 2 rings (SSSR count). The first kappa shape index (κ1) is 11.1. The van der Waals surface area contributed by atoms with Gasteiger partial charge in [0, 0.05) is 11.1 Å². The number of carbonyl (C=O) groups excluding carboxylic acids is 1. The summed E-state index contributed by atoms with van der Waals surface area (Å²) in [7, 11) is 0. The van der Waals surface area contributed by atoms with E-state index in [2.05, 4.69) is 12.1 Å². The van der Waals surface area contributed by atoms with Gasteiger partial charge < -0.3 is 0 Å². The van der Waals surface area contributed by atoms with Crippen molar-refractivity contribution in [3.8, 4) is 17.2 Å². The van der Waals surface area contributed by atoms with Gasteiger partial charge >= 0.3 is 0 Å². The summed E-state index contributed by atoms with van der Waals surface area (Å²) in [5.41, 5.74) is 2.62. The number of nitrogens with zero attached hydrogens (tertiary/aromatic N) is 1. The van der Waals surface area contributed by atoms with Crippen molar-refractivity contribution in [3.63, 3.8) is 0 Å². The van der Waals surface area contributed by atoms with E-state index in [9.17, 15) is 4.79 Å². The van der Waals surface area contributed by atoms with Crippen LogP contribution in [0.2, 0.25) is 0 Å². The van der Waals surface area contributed by atoms with Crippen molar-refractivity contribution in [2.45, 2.75) is 6.92 Å². The van der Waals surface area contributed by atoms with Gasteiger partial charge in [-0.15, -0.1) is 0 Å². The van der Waals surface area contributed by atoms with Gasteiger partial charge in [-0.25, -0.2) is 0 Å². The van der Waals surface area contributed by atoms with Crippen molar-refractivity contribution in [3.05, 3.63) is 59.7 Å². The average Bonchev–Trinajstić information content (AvgIpc) is 2.38. The first-order valence-corrected chi connectivity index (χ1v) is 5.25. The molecular formula is C15H10NO. The van der Waals surface area contributed by atoms with E-state index in [1.165, 1.54) is 6.92 Å². The van der Waals surface area contributed by atoms with Crippen LogP contribution in [-0.2, 0) is 0 Å². The van der Waals surface area contributed by atoms with Crippen molar-refractivity contribution < 1.29 is 4.79 Å². The van der Waals surface area contributed by atoms with Crippen molar-refractivity contribution in [2.75, 3.05) is 0 Å². The van der Waals surface area contributed by atoms with Crippen LogP contribution >= 0.6 is 0 Å². The zero-order valence-corrected chi connectivity index (χ0v) is 9.40. The highest BCUT2D eigenvalue weighted by Gasteiger charge is 2.11. The Balaban J connectivity index is 2.69. The van der Waals surface area contributed by atoms with E-state index in [0.717, 1.165) is 11.1 Å². The lowest BCUT2D eigenvalue weighted by molar-refractivity contribution is 0.101. The van der Waals surface area contributed by atoms with Crippen molar-refractivity contribution in [2.24, 2.45) is 0 Å². The monoisotopic (exact) mass is 220 g/mol. The molecule has 0 atom stereocenters. The smallest absolute Gasteiger partial charge is 0.161 e. The SMILES string of the molecule is CC(=O)c1[c]cccc1-c1ccccc1C#N. The molecule has 0 spiro atoms. The topological polar surface area (TPSA) is 40.9 Å². The third kappa shape index (κ3) is 2.09. The van der Waals surface area contributed by atoms with E-state index < -0.39 is 0 Å². The van der Waals surface area contributed by atoms with Crippen molar-refractivity contribution in [1.29, 1.82) is 5.26 Å². The van der Waals surface area contributed by atoms with Crippen LogP contribution in [-0.4, -0.2) is 5.78 Å². The molecule has 0 heterocycles. The fourth-order valence-electron chi connectivity index (χ4n) is 1.77. The first-order chi connectivity index (χ1) is 8.24. The number of hydrogen-bond donors (Lipinski definition) is 0. The molecule has 2 aromatic carbocycles. The molecule has 0 bridgehead atoms. The molecule has 0 aliphatic heterocycles. The Bertz CT molecular complexity index is 608. The number of hydrogen-bond acceptors (Lipinski definition) is 2. The molecule has 81 valence electrons. The van der Waals surface area contributed by atoms with Crippen molar-refractivity contribution in [1.82, 2.24) is 0 Å². The van der Waals surface area contributed by atoms with Crippen LogP contribution in [0.15, 0.2) is 42.5 Å². The maximum Gasteiger partial charge on any atom is 0.161 e. The number of rotatable bonds is 2. The summed E-state index contributed by atoms with van der Waals surface area (Å²) in [5, 5.41) is 9.06. The van der Waals surface area contributed by atoms with Crippen molar-refractivity contribution >= 4 is 5.78 Å². The summed E-state index contributed by atoms with van der Waals surface area (Å²) in [6.07, 6.45) is 0. The van der Waals surface area contributed by atoms with Gasteiger partial charge in [0.15, 0.2) is 5.78 Å². The highest BCUT2D eigenvalue weighted by molar-refractivity contribution is 6.01. The number of carbonyl (C=O) groups is 1. The van der Waals surface area contributed by atoms with E-state index in [-0.39, 0.29) is 5.78 Å². The van der Waals surface area contributed by atoms with Crippen LogP contribution in [0.4, 0.5) is 0 Å². The molecule has 2 aromatic rings. The first-order valence-electron chi connectivity index (χ1n) is 5.25. The summed E-state index contributed by atoms with van der Waals surface area (Å²) >= 11 is 0. The van der Waals surface area contributed by atoms with Gasteiger partial charge in [0.1, 0.15) is 0 Å². The third-order valence-corrected chi connectivity index (χ3v) is 2.55. The Kier molecular flexibility index (Phi) is 3.02. The quantitative estimate of drug-likeness (QED) is 0.729. The Morgan fingerprint density at radius 1 is 1.18 bits per heavy atom. The molecule has 0 aromatic heterocycles. The van der Waals surface area contributed by atoms with Gasteiger partial charge in [-0.2, -0.15) is 5.26 Å². The second-order valence-corrected chi connectivity index (χ2v) is 3.67. The minimum Gasteiger partial charge on any atom is -0.294 e. The summed E-state index contributed by atoms with van der Waals surface area (Å²) in [4.78, 5) is 11.5. The number of Topliss-reactive ketones (excluding diaryl/α,β-unsaturated/α-hetero) is 1. The molecule has 0 aliphatic rings. The van der Waals surface area contributed by atoms with Crippen LogP contribution in [0.5, 0.6) is 0 Å².